The maximum absolute atomic E-state index is 7.35. The van der Waals surface area contributed by atoms with Gasteiger partial charge in [0.2, 0.25) is 0 Å². The molecule has 3 heteroatoms. The third-order valence-corrected chi connectivity index (χ3v) is 12.1. The van der Waals surface area contributed by atoms with Gasteiger partial charge in [0, 0.05) is 16.9 Å². The SMILES string of the molecule is c1ccc(-c2ccc(N(c3cccc(-c4ccccc4)c3)c3cccc4c3Oc3c(ccc5c3-c3ccccc3C53c5ccccc5-c5ccccc53)O4)cc2)cc1. The van der Waals surface area contributed by atoms with Crippen LogP contribution in [0.4, 0.5) is 17.1 Å². The molecule has 0 saturated heterocycles. The van der Waals surface area contributed by atoms with Crippen molar-refractivity contribution >= 4 is 17.1 Å². The van der Waals surface area contributed by atoms with Gasteiger partial charge in [-0.05, 0) is 104 Å². The number of rotatable bonds is 5. The molecule has 3 nitrogen and oxygen atoms in total. The van der Waals surface area contributed by atoms with Crippen LogP contribution >= 0.6 is 0 Å². The van der Waals surface area contributed by atoms with Gasteiger partial charge >= 0.3 is 0 Å². The molecular weight excluding hydrogens is 707 g/mol. The van der Waals surface area contributed by atoms with Gasteiger partial charge in [0.15, 0.2) is 23.0 Å². The van der Waals surface area contributed by atoms with E-state index in [4.69, 9.17) is 9.47 Å². The molecule has 3 aliphatic rings. The Morgan fingerprint density at radius 3 is 1.55 bits per heavy atom. The van der Waals surface area contributed by atoms with Gasteiger partial charge < -0.3 is 14.4 Å². The van der Waals surface area contributed by atoms with Crippen LogP contribution in [0.5, 0.6) is 23.0 Å². The van der Waals surface area contributed by atoms with E-state index in [-0.39, 0.29) is 0 Å². The third-order valence-electron chi connectivity index (χ3n) is 12.1. The zero-order valence-corrected chi connectivity index (χ0v) is 31.5. The molecule has 1 aliphatic heterocycles. The average molecular weight is 742 g/mol. The van der Waals surface area contributed by atoms with Crippen molar-refractivity contribution in [2.24, 2.45) is 0 Å². The summed E-state index contributed by atoms with van der Waals surface area (Å²) in [6.07, 6.45) is 0. The smallest absolute Gasteiger partial charge is 0.194 e. The minimum Gasteiger partial charge on any atom is -0.449 e. The predicted octanol–water partition coefficient (Wildman–Crippen LogP) is 14.7. The van der Waals surface area contributed by atoms with Crippen molar-refractivity contribution in [2.45, 2.75) is 5.41 Å². The number of benzene rings is 9. The van der Waals surface area contributed by atoms with E-state index in [1.54, 1.807) is 0 Å². The second kappa shape index (κ2) is 12.7. The van der Waals surface area contributed by atoms with Crippen LogP contribution in [0.15, 0.2) is 212 Å². The van der Waals surface area contributed by atoms with E-state index < -0.39 is 5.41 Å². The fourth-order valence-electron chi connectivity index (χ4n) is 9.71. The van der Waals surface area contributed by atoms with Gasteiger partial charge in [-0.3, -0.25) is 0 Å². The van der Waals surface area contributed by atoms with Gasteiger partial charge in [-0.25, -0.2) is 0 Å². The predicted molar refractivity (Wildman–Crippen MR) is 235 cm³/mol. The zero-order valence-electron chi connectivity index (χ0n) is 31.5. The van der Waals surface area contributed by atoms with E-state index in [0.29, 0.717) is 17.2 Å². The van der Waals surface area contributed by atoms with Crippen LogP contribution in [0.1, 0.15) is 22.3 Å². The third kappa shape index (κ3) is 4.68. The molecule has 0 amide bonds. The second-order valence-electron chi connectivity index (χ2n) is 15.2. The minimum atomic E-state index is -0.484. The lowest BCUT2D eigenvalue weighted by molar-refractivity contribution is 0.361. The summed E-state index contributed by atoms with van der Waals surface area (Å²) in [5, 5.41) is 0. The number of ether oxygens (including phenoxy) is 2. The average Bonchev–Trinajstić information content (AvgIpc) is 3.77. The number of nitrogens with zero attached hydrogens (tertiary/aromatic N) is 1. The van der Waals surface area contributed by atoms with Crippen LogP contribution in [0.3, 0.4) is 0 Å². The van der Waals surface area contributed by atoms with Gasteiger partial charge in [-0.1, -0.05) is 170 Å². The van der Waals surface area contributed by atoms with E-state index >= 15 is 0 Å². The standard InChI is InChI=1S/C55H35NO2/c1-3-15-36(16-4-1)38-29-31-40(32-30-38)56(41-20-13-19-39(35-41)37-17-5-2-6-18-37)49-27-14-28-50-53(49)58-54-51(57-50)34-33-48-52(54)44-23-9-12-26-47(44)55(48)45-24-10-7-21-42(45)43-22-8-11-25-46(43)55/h1-35H. The number of hydrogen-bond acceptors (Lipinski definition) is 3. The molecule has 58 heavy (non-hydrogen) atoms. The van der Waals surface area contributed by atoms with Crippen molar-refractivity contribution in [3.05, 3.63) is 235 Å². The van der Waals surface area contributed by atoms with Crippen molar-refractivity contribution in [3.63, 3.8) is 0 Å². The lowest BCUT2D eigenvalue weighted by atomic mass is 9.70. The summed E-state index contributed by atoms with van der Waals surface area (Å²) in [6.45, 7) is 0. The van der Waals surface area contributed by atoms with E-state index in [2.05, 4.69) is 211 Å². The largest absolute Gasteiger partial charge is 0.449 e. The molecule has 9 aromatic rings. The quantitative estimate of drug-likeness (QED) is 0.175. The topological polar surface area (TPSA) is 21.7 Å². The maximum atomic E-state index is 7.35. The Labute approximate surface area is 337 Å². The Hall–Kier alpha value is -7.62. The summed E-state index contributed by atoms with van der Waals surface area (Å²) < 4.78 is 14.2. The summed E-state index contributed by atoms with van der Waals surface area (Å²) in [5.74, 6) is 2.79. The van der Waals surface area contributed by atoms with Crippen molar-refractivity contribution in [1.29, 1.82) is 0 Å². The van der Waals surface area contributed by atoms with Crippen LogP contribution in [0.25, 0.3) is 44.5 Å². The Bertz CT molecular complexity index is 3020. The number of para-hydroxylation sites is 1. The first kappa shape index (κ1) is 32.6. The molecular formula is C55H35NO2. The molecule has 1 heterocycles. The Balaban J connectivity index is 1.05. The summed E-state index contributed by atoms with van der Waals surface area (Å²) in [5.41, 5.74) is 16.9. The molecule has 9 aromatic carbocycles. The van der Waals surface area contributed by atoms with E-state index in [9.17, 15) is 0 Å². The lowest BCUT2D eigenvalue weighted by Crippen LogP contribution is -2.25. The first-order chi connectivity index (χ1) is 28.8. The van der Waals surface area contributed by atoms with Crippen LogP contribution < -0.4 is 14.4 Å². The molecule has 0 saturated carbocycles. The first-order valence-electron chi connectivity index (χ1n) is 19.8. The highest BCUT2D eigenvalue weighted by Crippen LogP contribution is 2.66. The molecule has 0 atom stereocenters. The van der Waals surface area contributed by atoms with Crippen LogP contribution in [0.2, 0.25) is 0 Å². The molecule has 0 unspecified atom stereocenters. The monoisotopic (exact) mass is 741 g/mol. The van der Waals surface area contributed by atoms with Crippen molar-refractivity contribution in [3.8, 4) is 67.5 Å². The number of anilines is 3. The number of hydrogen-bond donors (Lipinski definition) is 0. The molecule has 1 spiro atoms. The molecule has 0 N–H and O–H groups in total. The fraction of sp³-hybridized carbons (Fsp3) is 0.0182. The first-order valence-corrected chi connectivity index (χ1v) is 19.8. The Morgan fingerprint density at radius 2 is 0.862 bits per heavy atom. The highest BCUT2D eigenvalue weighted by Gasteiger charge is 2.53. The van der Waals surface area contributed by atoms with Gasteiger partial charge in [-0.15, -0.1) is 0 Å². The molecule has 0 aromatic heterocycles. The summed E-state index contributed by atoms with van der Waals surface area (Å²) in [6, 6.07) is 75.7. The van der Waals surface area contributed by atoms with E-state index in [1.165, 1.54) is 38.9 Å². The zero-order chi connectivity index (χ0) is 38.2. The van der Waals surface area contributed by atoms with Crippen LogP contribution in [-0.2, 0) is 5.41 Å². The van der Waals surface area contributed by atoms with Gasteiger partial charge in [-0.2, -0.15) is 0 Å². The summed E-state index contributed by atoms with van der Waals surface area (Å²) in [7, 11) is 0. The maximum Gasteiger partial charge on any atom is 0.194 e. The molecule has 12 rings (SSSR count). The molecule has 2 aliphatic carbocycles. The van der Waals surface area contributed by atoms with Gasteiger partial charge in [0.05, 0.1) is 11.1 Å². The van der Waals surface area contributed by atoms with E-state index in [1.807, 2.05) is 6.07 Å². The fourth-order valence-corrected chi connectivity index (χ4v) is 9.71. The molecule has 0 radical (unpaired) electrons. The van der Waals surface area contributed by atoms with Gasteiger partial charge in [0.25, 0.3) is 0 Å². The normalized spacial score (nSPS) is 13.2. The van der Waals surface area contributed by atoms with Crippen molar-refractivity contribution < 1.29 is 9.47 Å². The summed E-state index contributed by atoms with van der Waals surface area (Å²) in [4.78, 5) is 2.29. The molecule has 0 fully saturated rings. The highest BCUT2D eigenvalue weighted by atomic mass is 16.6. The molecule has 0 bridgehead atoms. The van der Waals surface area contributed by atoms with Crippen LogP contribution in [-0.4, -0.2) is 0 Å². The molecule has 272 valence electrons. The number of fused-ring (bicyclic) bond motifs is 13. The minimum absolute atomic E-state index is 0.484. The van der Waals surface area contributed by atoms with Crippen LogP contribution in [0, 0.1) is 0 Å². The second-order valence-corrected chi connectivity index (χ2v) is 15.2. The highest BCUT2D eigenvalue weighted by molar-refractivity contribution is 5.98. The van der Waals surface area contributed by atoms with Crippen molar-refractivity contribution in [2.75, 3.05) is 4.90 Å². The Kier molecular flexibility index (Phi) is 7.14. The van der Waals surface area contributed by atoms with Gasteiger partial charge in [0.1, 0.15) is 0 Å². The summed E-state index contributed by atoms with van der Waals surface area (Å²) >= 11 is 0. The lowest BCUT2D eigenvalue weighted by Gasteiger charge is -2.32. The Morgan fingerprint density at radius 1 is 0.328 bits per heavy atom. The van der Waals surface area contributed by atoms with Crippen molar-refractivity contribution in [1.82, 2.24) is 0 Å². The van der Waals surface area contributed by atoms with E-state index in [0.717, 1.165) is 50.6 Å².